The highest BCUT2D eigenvalue weighted by Gasteiger charge is 2.31. The van der Waals surface area contributed by atoms with Crippen molar-refractivity contribution in [2.75, 3.05) is 18.4 Å². The maximum absolute atomic E-state index is 12.3. The van der Waals surface area contributed by atoms with E-state index in [-0.39, 0.29) is 18.5 Å². The van der Waals surface area contributed by atoms with E-state index in [4.69, 9.17) is 16.7 Å². The van der Waals surface area contributed by atoms with Gasteiger partial charge in [-0.3, -0.25) is 4.79 Å². The average molecular weight is 311 g/mol. The number of likely N-dealkylation sites (tertiary alicyclic amines) is 1. The Morgan fingerprint density at radius 1 is 1.38 bits per heavy atom. The Morgan fingerprint density at radius 2 is 2.10 bits per heavy atom. The van der Waals surface area contributed by atoms with Gasteiger partial charge in [-0.05, 0) is 43.0 Å². The molecule has 1 saturated heterocycles. The summed E-state index contributed by atoms with van der Waals surface area (Å²) in [6.07, 6.45) is 0.610. The zero-order valence-corrected chi connectivity index (χ0v) is 12.9. The third kappa shape index (κ3) is 3.88. The van der Waals surface area contributed by atoms with Gasteiger partial charge < -0.3 is 15.3 Å². The number of nitrogens with one attached hydrogen (secondary N) is 1. The van der Waals surface area contributed by atoms with Gasteiger partial charge in [0.05, 0.1) is 5.92 Å². The second-order valence-corrected chi connectivity index (χ2v) is 6.11. The first-order chi connectivity index (χ1) is 9.86. The molecule has 1 aromatic carbocycles. The van der Waals surface area contributed by atoms with Crippen LogP contribution in [0, 0.1) is 18.8 Å². The molecule has 2 N–H and O–H groups in total. The number of rotatable bonds is 2. The van der Waals surface area contributed by atoms with Crippen LogP contribution in [-0.2, 0) is 4.79 Å². The lowest BCUT2D eigenvalue weighted by Gasteiger charge is -2.34. The third-order valence-electron chi connectivity index (χ3n) is 3.73. The highest BCUT2D eigenvalue weighted by molar-refractivity contribution is 6.30. The number of carbonyl (C=O) groups is 2. The largest absolute Gasteiger partial charge is 0.481 e. The van der Waals surface area contributed by atoms with Crippen LogP contribution in [0.3, 0.4) is 0 Å². The molecule has 21 heavy (non-hydrogen) atoms. The summed E-state index contributed by atoms with van der Waals surface area (Å²) >= 11 is 5.89. The molecule has 0 aliphatic carbocycles. The number of carboxylic acids is 1. The van der Waals surface area contributed by atoms with Crippen LogP contribution < -0.4 is 5.32 Å². The second-order valence-electron chi connectivity index (χ2n) is 5.67. The lowest BCUT2D eigenvalue weighted by molar-refractivity contribution is -0.143. The molecular formula is C15H19ClN2O3. The molecule has 1 heterocycles. The van der Waals surface area contributed by atoms with Crippen molar-refractivity contribution in [1.29, 1.82) is 0 Å². The number of halogens is 1. The third-order valence-corrected chi connectivity index (χ3v) is 3.96. The number of amides is 2. The fraction of sp³-hybridized carbons (Fsp3) is 0.467. The van der Waals surface area contributed by atoms with Gasteiger partial charge in [0.1, 0.15) is 0 Å². The molecule has 2 atom stereocenters. The molecule has 0 spiro atoms. The van der Waals surface area contributed by atoms with E-state index in [1.165, 1.54) is 0 Å². The first-order valence-electron chi connectivity index (χ1n) is 6.91. The molecule has 5 nitrogen and oxygen atoms in total. The Labute approximate surface area is 128 Å². The molecule has 1 aromatic rings. The van der Waals surface area contributed by atoms with E-state index in [2.05, 4.69) is 5.32 Å². The van der Waals surface area contributed by atoms with Crippen LogP contribution in [0.25, 0.3) is 0 Å². The molecule has 2 rings (SSSR count). The molecule has 0 saturated carbocycles. The van der Waals surface area contributed by atoms with E-state index in [1.54, 1.807) is 23.1 Å². The zero-order chi connectivity index (χ0) is 15.6. The van der Waals surface area contributed by atoms with E-state index >= 15 is 0 Å². The minimum Gasteiger partial charge on any atom is -0.481 e. The van der Waals surface area contributed by atoms with E-state index < -0.39 is 11.9 Å². The fourth-order valence-electron chi connectivity index (χ4n) is 2.66. The fourth-order valence-corrected chi connectivity index (χ4v) is 2.88. The van der Waals surface area contributed by atoms with Gasteiger partial charge in [-0.2, -0.15) is 0 Å². The maximum atomic E-state index is 12.3. The highest BCUT2D eigenvalue weighted by atomic mass is 35.5. The Balaban J connectivity index is 2.07. The summed E-state index contributed by atoms with van der Waals surface area (Å²) in [6.45, 7) is 4.64. The monoisotopic (exact) mass is 310 g/mol. The zero-order valence-electron chi connectivity index (χ0n) is 12.1. The summed E-state index contributed by atoms with van der Waals surface area (Å²) in [5.41, 5.74) is 1.56. The number of aryl methyl sites for hydroxylation is 1. The normalized spacial score (nSPS) is 22.0. The SMILES string of the molecule is Cc1cc(Cl)ccc1NC(=O)N1CC(C)CC(C(=O)O)C1. The van der Waals surface area contributed by atoms with E-state index in [0.717, 1.165) is 5.56 Å². The van der Waals surface area contributed by atoms with Crippen molar-refractivity contribution in [2.24, 2.45) is 11.8 Å². The molecule has 1 fully saturated rings. The van der Waals surface area contributed by atoms with Crippen molar-refractivity contribution in [2.45, 2.75) is 20.3 Å². The molecule has 1 aliphatic rings. The molecule has 6 heteroatoms. The van der Waals surface area contributed by atoms with E-state index in [0.29, 0.717) is 23.7 Å². The summed E-state index contributed by atoms with van der Waals surface area (Å²) in [6, 6.07) is 4.97. The predicted octanol–water partition coefficient (Wildman–Crippen LogP) is 3.22. The molecule has 2 unspecified atom stereocenters. The summed E-state index contributed by atoms with van der Waals surface area (Å²) in [5, 5.41) is 12.6. The molecule has 2 amide bonds. The van der Waals surface area contributed by atoms with Gasteiger partial charge in [0.15, 0.2) is 0 Å². The summed E-state index contributed by atoms with van der Waals surface area (Å²) in [4.78, 5) is 25.0. The minimum atomic E-state index is -0.845. The molecule has 0 aromatic heterocycles. The minimum absolute atomic E-state index is 0.178. The number of hydrogen-bond acceptors (Lipinski definition) is 2. The van der Waals surface area contributed by atoms with E-state index in [1.807, 2.05) is 13.8 Å². The van der Waals surface area contributed by atoms with Crippen molar-refractivity contribution in [3.8, 4) is 0 Å². The first kappa shape index (κ1) is 15.6. The van der Waals surface area contributed by atoms with E-state index in [9.17, 15) is 9.59 Å². The molecule has 0 bridgehead atoms. The number of nitrogens with zero attached hydrogens (tertiary/aromatic N) is 1. The topological polar surface area (TPSA) is 69.6 Å². The van der Waals surface area contributed by atoms with Gasteiger partial charge in [-0.15, -0.1) is 0 Å². The predicted molar refractivity (Wildman–Crippen MR) is 81.7 cm³/mol. The molecule has 114 valence electrons. The maximum Gasteiger partial charge on any atom is 0.321 e. The van der Waals surface area contributed by atoms with Gasteiger partial charge >= 0.3 is 12.0 Å². The van der Waals surface area contributed by atoms with Gasteiger partial charge in [0, 0.05) is 23.8 Å². The van der Waals surface area contributed by atoms with Crippen molar-refractivity contribution >= 4 is 29.3 Å². The van der Waals surface area contributed by atoms with Crippen LogP contribution in [0.2, 0.25) is 5.02 Å². The van der Waals surface area contributed by atoms with Crippen LogP contribution in [-0.4, -0.2) is 35.1 Å². The number of urea groups is 1. The average Bonchev–Trinajstić information content (AvgIpc) is 2.41. The summed E-state index contributed by atoms with van der Waals surface area (Å²) < 4.78 is 0. The summed E-state index contributed by atoms with van der Waals surface area (Å²) in [5.74, 6) is -1.16. The number of hydrogen-bond donors (Lipinski definition) is 2. The molecular weight excluding hydrogens is 292 g/mol. The smallest absolute Gasteiger partial charge is 0.321 e. The first-order valence-corrected chi connectivity index (χ1v) is 7.29. The number of aliphatic carboxylic acids is 1. The Hall–Kier alpha value is -1.75. The van der Waals surface area contributed by atoms with Crippen LogP contribution >= 0.6 is 11.6 Å². The molecule has 0 radical (unpaired) electrons. The lowest BCUT2D eigenvalue weighted by Crippen LogP contribution is -2.47. The highest BCUT2D eigenvalue weighted by Crippen LogP contribution is 2.24. The Morgan fingerprint density at radius 3 is 2.71 bits per heavy atom. The number of benzene rings is 1. The number of anilines is 1. The Bertz CT molecular complexity index is 562. The number of carboxylic acid groups (broad SMARTS) is 1. The standard InChI is InChI=1S/C15H19ClN2O3/c1-9-5-11(14(19)20)8-18(7-9)15(21)17-13-4-3-12(16)6-10(13)2/h3-4,6,9,11H,5,7-8H2,1-2H3,(H,17,21)(H,19,20). The quantitative estimate of drug-likeness (QED) is 0.881. The summed E-state index contributed by atoms with van der Waals surface area (Å²) in [7, 11) is 0. The van der Waals surface area contributed by atoms with Crippen molar-refractivity contribution in [3.05, 3.63) is 28.8 Å². The number of piperidine rings is 1. The van der Waals surface area contributed by atoms with Crippen molar-refractivity contribution < 1.29 is 14.7 Å². The van der Waals surface area contributed by atoms with Gasteiger partial charge in [-0.25, -0.2) is 4.79 Å². The lowest BCUT2D eigenvalue weighted by atomic mass is 9.91. The Kier molecular flexibility index (Phi) is 4.73. The van der Waals surface area contributed by atoms with Crippen LogP contribution in [0.1, 0.15) is 18.9 Å². The van der Waals surface area contributed by atoms with Crippen LogP contribution in [0.4, 0.5) is 10.5 Å². The van der Waals surface area contributed by atoms with Gasteiger partial charge in [0.25, 0.3) is 0 Å². The van der Waals surface area contributed by atoms with Gasteiger partial charge in [0.2, 0.25) is 0 Å². The number of carbonyl (C=O) groups excluding carboxylic acids is 1. The van der Waals surface area contributed by atoms with Crippen LogP contribution in [0.5, 0.6) is 0 Å². The van der Waals surface area contributed by atoms with Gasteiger partial charge in [-0.1, -0.05) is 18.5 Å². The molecule has 1 aliphatic heterocycles. The van der Waals surface area contributed by atoms with Crippen molar-refractivity contribution in [3.63, 3.8) is 0 Å². The van der Waals surface area contributed by atoms with Crippen molar-refractivity contribution in [1.82, 2.24) is 4.90 Å². The van der Waals surface area contributed by atoms with Crippen LogP contribution in [0.15, 0.2) is 18.2 Å². The second kappa shape index (κ2) is 6.35.